The monoisotopic (exact) mass is 269 g/mol. The van der Waals surface area contributed by atoms with Crippen LogP contribution >= 0.6 is 0 Å². The third-order valence-electron chi connectivity index (χ3n) is 2.12. The van der Waals surface area contributed by atoms with Crippen LogP contribution in [0.2, 0.25) is 0 Å². The molecule has 7 nitrogen and oxygen atoms in total. The lowest BCUT2D eigenvalue weighted by molar-refractivity contribution is -0.140. The molecule has 0 saturated heterocycles. The summed E-state index contributed by atoms with van der Waals surface area (Å²) >= 11 is 0. The Balaban J connectivity index is 4.00. The Morgan fingerprint density at radius 1 is 1.32 bits per heavy atom. The predicted octanol–water partition coefficient (Wildman–Crippen LogP) is -0.301. The molecular formula is C12H19N3O4. The van der Waals surface area contributed by atoms with E-state index in [9.17, 15) is 9.59 Å². The fraction of sp³-hybridized carbons (Fsp3) is 0.583. The minimum atomic E-state index is -0.454. The number of nitriles is 1. The summed E-state index contributed by atoms with van der Waals surface area (Å²) in [6.45, 7) is 1.28. The van der Waals surface area contributed by atoms with Crippen molar-refractivity contribution in [1.29, 1.82) is 5.26 Å². The molecule has 0 spiro atoms. The molecule has 0 fully saturated rings. The summed E-state index contributed by atoms with van der Waals surface area (Å²) in [5.41, 5.74) is -0.0396. The van der Waals surface area contributed by atoms with Crippen molar-refractivity contribution in [1.82, 2.24) is 10.6 Å². The summed E-state index contributed by atoms with van der Waals surface area (Å²) in [4.78, 5) is 22.4. The second kappa shape index (κ2) is 11.0. The first-order valence-electron chi connectivity index (χ1n) is 5.83. The number of amides is 1. The molecule has 0 bridgehead atoms. The molecule has 7 heteroatoms. The highest BCUT2D eigenvalue weighted by Gasteiger charge is 2.07. The number of rotatable bonds is 9. The smallest absolute Gasteiger partial charge is 0.307 e. The molecular weight excluding hydrogens is 250 g/mol. The molecule has 0 aromatic heterocycles. The molecule has 0 aromatic carbocycles. The number of nitrogens with zero attached hydrogens (tertiary/aromatic N) is 1. The van der Waals surface area contributed by atoms with E-state index in [2.05, 4.69) is 15.4 Å². The second-order valence-electron chi connectivity index (χ2n) is 3.55. The first kappa shape index (κ1) is 16.9. The average molecular weight is 269 g/mol. The van der Waals surface area contributed by atoms with Crippen molar-refractivity contribution in [3.8, 4) is 6.07 Å². The van der Waals surface area contributed by atoms with Gasteiger partial charge in [0, 0.05) is 33.0 Å². The lowest BCUT2D eigenvalue weighted by Gasteiger charge is -2.04. The van der Waals surface area contributed by atoms with Crippen LogP contribution in [0.25, 0.3) is 0 Å². The molecule has 0 aromatic rings. The number of carbonyl (C=O) groups excluding carboxylic acids is 2. The van der Waals surface area contributed by atoms with Gasteiger partial charge in [0.05, 0.1) is 13.5 Å². The lowest BCUT2D eigenvalue weighted by atomic mass is 10.3. The van der Waals surface area contributed by atoms with E-state index in [-0.39, 0.29) is 18.0 Å². The molecule has 1 amide bonds. The summed E-state index contributed by atoms with van der Waals surface area (Å²) in [7, 11) is 2.88. The summed E-state index contributed by atoms with van der Waals surface area (Å²) in [5, 5.41) is 14.1. The zero-order valence-corrected chi connectivity index (χ0v) is 11.2. The molecule has 0 radical (unpaired) electrons. The second-order valence-corrected chi connectivity index (χ2v) is 3.55. The van der Waals surface area contributed by atoms with Crippen LogP contribution in [0.15, 0.2) is 11.8 Å². The molecule has 0 aliphatic heterocycles. The Morgan fingerprint density at radius 3 is 2.63 bits per heavy atom. The molecule has 0 atom stereocenters. The van der Waals surface area contributed by atoms with Crippen molar-refractivity contribution in [2.45, 2.75) is 12.8 Å². The highest BCUT2D eigenvalue weighted by atomic mass is 16.5. The van der Waals surface area contributed by atoms with E-state index in [1.807, 2.05) is 0 Å². The van der Waals surface area contributed by atoms with Gasteiger partial charge >= 0.3 is 5.97 Å². The van der Waals surface area contributed by atoms with Crippen molar-refractivity contribution >= 4 is 11.9 Å². The van der Waals surface area contributed by atoms with Gasteiger partial charge < -0.3 is 20.1 Å². The maximum Gasteiger partial charge on any atom is 0.307 e. The molecule has 0 saturated carbocycles. The zero-order valence-electron chi connectivity index (χ0n) is 11.2. The van der Waals surface area contributed by atoms with Crippen molar-refractivity contribution in [2.75, 3.05) is 33.9 Å². The topological polar surface area (TPSA) is 100 Å². The van der Waals surface area contributed by atoms with E-state index in [0.29, 0.717) is 26.1 Å². The SMILES string of the molecule is COCCCNC(=O)/C(C#N)=C\NCCC(=O)OC. The Morgan fingerprint density at radius 2 is 2.05 bits per heavy atom. The zero-order chi connectivity index (χ0) is 14.5. The van der Waals surface area contributed by atoms with Gasteiger partial charge in [0.25, 0.3) is 5.91 Å². The Labute approximate surface area is 112 Å². The molecule has 106 valence electrons. The molecule has 0 aliphatic carbocycles. The van der Waals surface area contributed by atoms with Crippen LogP contribution in [0.3, 0.4) is 0 Å². The first-order chi connectivity index (χ1) is 9.15. The Bertz CT molecular complexity index is 360. The van der Waals surface area contributed by atoms with Gasteiger partial charge in [-0.1, -0.05) is 0 Å². The highest BCUT2D eigenvalue weighted by molar-refractivity contribution is 5.97. The van der Waals surface area contributed by atoms with E-state index in [1.54, 1.807) is 13.2 Å². The lowest BCUT2D eigenvalue weighted by Crippen LogP contribution is -2.27. The quantitative estimate of drug-likeness (QED) is 0.258. The van der Waals surface area contributed by atoms with Gasteiger partial charge in [-0.25, -0.2) is 0 Å². The maximum atomic E-state index is 11.5. The van der Waals surface area contributed by atoms with Crippen molar-refractivity contribution in [3.05, 3.63) is 11.8 Å². The fourth-order valence-electron chi connectivity index (χ4n) is 1.11. The van der Waals surface area contributed by atoms with Crippen LogP contribution in [0.1, 0.15) is 12.8 Å². The van der Waals surface area contributed by atoms with Crippen molar-refractivity contribution < 1.29 is 19.1 Å². The minimum absolute atomic E-state index is 0.0396. The maximum absolute atomic E-state index is 11.5. The number of methoxy groups -OCH3 is 2. The number of nitrogens with one attached hydrogen (secondary N) is 2. The van der Waals surface area contributed by atoms with Crippen molar-refractivity contribution in [2.24, 2.45) is 0 Å². The van der Waals surface area contributed by atoms with Crippen molar-refractivity contribution in [3.63, 3.8) is 0 Å². The van der Waals surface area contributed by atoms with Gasteiger partial charge in [-0.15, -0.1) is 0 Å². The third kappa shape index (κ3) is 8.63. The van der Waals surface area contributed by atoms with E-state index >= 15 is 0 Å². The summed E-state index contributed by atoms with van der Waals surface area (Å²) in [5.74, 6) is -0.812. The van der Waals surface area contributed by atoms with Crippen LogP contribution < -0.4 is 10.6 Å². The van der Waals surface area contributed by atoms with Gasteiger partial charge in [0.1, 0.15) is 11.6 Å². The van der Waals surface area contributed by atoms with Crippen LogP contribution in [0, 0.1) is 11.3 Å². The predicted molar refractivity (Wildman–Crippen MR) is 67.8 cm³/mol. The summed E-state index contributed by atoms with van der Waals surface area (Å²) in [6.07, 6.45) is 2.13. The standard InChI is InChI=1S/C12H19N3O4/c1-18-7-3-5-15-12(17)10(8-13)9-14-6-4-11(16)19-2/h9,14H,3-7H2,1-2H3,(H,15,17)/b10-9-. The largest absolute Gasteiger partial charge is 0.469 e. The van der Waals surface area contributed by atoms with Gasteiger partial charge in [0.2, 0.25) is 0 Å². The number of carbonyl (C=O) groups is 2. The summed E-state index contributed by atoms with van der Waals surface area (Å²) < 4.78 is 9.29. The molecule has 0 unspecified atom stereocenters. The number of esters is 1. The van der Waals surface area contributed by atoms with Crippen LogP contribution in [-0.2, 0) is 19.1 Å². The fourth-order valence-corrected chi connectivity index (χ4v) is 1.11. The minimum Gasteiger partial charge on any atom is -0.469 e. The normalized spacial score (nSPS) is 10.5. The molecule has 2 N–H and O–H groups in total. The van der Waals surface area contributed by atoms with E-state index < -0.39 is 5.91 Å². The van der Waals surface area contributed by atoms with Gasteiger partial charge in [0.15, 0.2) is 0 Å². The number of hydrogen-bond acceptors (Lipinski definition) is 6. The molecule has 0 aliphatic rings. The summed E-state index contributed by atoms with van der Waals surface area (Å²) in [6, 6.07) is 1.78. The van der Waals surface area contributed by atoms with Gasteiger partial charge in [-0.2, -0.15) is 5.26 Å². The highest BCUT2D eigenvalue weighted by Crippen LogP contribution is 1.91. The van der Waals surface area contributed by atoms with Crippen LogP contribution in [0.4, 0.5) is 0 Å². The number of ether oxygens (including phenoxy) is 2. The van der Waals surface area contributed by atoms with Gasteiger partial charge in [-0.3, -0.25) is 9.59 Å². The Kier molecular flexibility index (Phi) is 9.84. The van der Waals surface area contributed by atoms with Crippen LogP contribution in [0.5, 0.6) is 0 Å². The Hall–Kier alpha value is -2.07. The molecule has 19 heavy (non-hydrogen) atoms. The first-order valence-corrected chi connectivity index (χ1v) is 5.83. The third-order valence-corrected chi connectivity index (χ3v) is 2.12. The van der Waals surface area contributed by atoms with E-state index in [0.717, 1.165) is 0 Å². The average Bonchev–Trinajstić information content (AvgIpc) is 2.43. The molecule has 0 rings (SSSR count). The van der Waals surface area contributed by atoms with Crippen LogP contribution in [-0.4, -0.2) is 45.8 Å². The molecule has 0 heterocycles. The van der Waals surface area contributed by atoms with E-state index in [1.165, 1.54) is 13.3 Å². The number of hydrogen-bond donors (Lipinski definition) is 2. The van der Waals surface area contributed by atoms with E-state index in [4.69, 9.17) is 10.00 Å². The van der Waals surface area contributed by atoms with Gasteiger partial charge in [-0.05, 0) is 6.42 Å².